The number of sulfone groups is 1. The standard InChI is InChI=1S/C24H19FN2O3S2/c1-32(29,30)20-13-9-18(10-14-20)23-22(17-7-11-19(25)12-8-17)27-24(31-23)26-21(28)15-16-5-3-2-4-6-16/h2-14H,15H2,1H3,(H,26,27,28). The molecule has 1 N–H and O–H groups in total. The number of anilines is 1. The molecule has 0 spiro atoms. The van der Waals surface area contributed by atoms with Gasteiger partial charge < -0.3 is 5.32 Å². The van der Waals surface area contributed by atoms with E-state index < -0.39 is 9.84 Å². The van der Waals surface area contributed by atoms with E-state index in [-0.39, 0.29) is 23.0 Å². The molecule has 0 radical (unpaired) electrons. The summed E-state index contributed by atoms with van der Waals surface area (Å²) in [4.78, 5) is 18.1. The molecule has 0 unspecified atom stereocenters. The van der Waals surface area contributed by atoms with Gasteiger partial charge in [0.15, 0.2) is 15.0 Å². The fourth-order valence-electron chi connectivity index (χ4n) is 3.17. The quantitative estimate of drug-likeness (QED) is 0.424. The number of rotatable bonds is 6. The summed E-state index contributed by atoms with van der Waals surface area (Å²) in [5, 5.41) is 3.25. The van der Waals surface area contributed by atoms with Crippen molar-refractivity contribution in [2.24, 2.45) is 0 Å². The van der Waals surface area contributed by atoms with Crippen molar-refractivity contribution in [3.05, 3.63) is 90.2 Å². The van der Waals surface area contributed by atoms with E-state index in [4.69, 9.17) is 0 Å². The summed E-state index contributed by atoms with van der Waals surface area (Å²) in [6.45, 7) is 0. The SMILES string of the molecule is CS(=O)(=O)c1ccc(-c2sc(NC(=O)Cc3ccccc3)nc2-c2ccc(F)cc2)cc1. The number of thiazole rings is 1. The molecule has 5 nitrogen and oxygen atoms in total. The largest absolute Gasteiger partial charge is 0.302 e. The number of nitrogens with one attached hydrogen (secondary N) is 1. The van der Waals surface area contributed by atoms with Gasteiger partial charge in [-0.1, -0.05) is 53.8 Å². The third-order valence-corrected chi connectivity index (χ3v) is 6.89. The number of nitrogens with zero attached hydrogens (tertiary/aromatic N) is 1. The maximum absolute atomic E-state index is 13.4. The Morgan fingerprint density at radius 1 is 0.938 bits per heavy atom. The van der Waals surface area contributed by atoms with Gasteiger partial charge in [-0.2, -0.15) is 0 Å². The van der Waals surface area contributed by atoms with Crippen LogP contribution in [0.1, 0.15) is 5.56 Å². The topological polar surface area (TPSA) is 76.1 Å². The zero-order valence-electron chi connectivity index (χ0n) is 17.1. The smallest absolute Gasteiger partial charge is 0.230 e. The third-order valence-electron chi connectivity index (χ3n) is 4.74. The molecule has 0 aliphatic rings. The minimum absolute atomic E-state index is 0.199. The molecule has 0 bridgehead atoms. The lowest BCUT2D eigenvalue weighted by Crippen LogP contribution is -2.14. The van der Waals surface area contributed by atoms with Crippen molar-refractivity contribution in [3.8, 4) is 21.7 Å². The summed E-state index contributed by atoms with van der Waals surface area (Å²) in [6, 6.07) is 21.8. The predicted octanol–water partition coefficient (Wildman–Crippen LogP) is 5.20. The van der Waals surface area contributed by atoms with Crippen molar-refractivity contribution >= 4 is 32.2 Å². The van der Waals surface area contributed by atoms with Crippen LogP contribution in [-0.2, 0) is 21.1 Å². The second-order valence-corrected chi connectivity index (χ2v) is 10.2. The van der Waals surface area contributed by atoms with E-state index in [0.717, 1.165) is 22.3 Å². The highest BCUT2D eigenvalue weighted by Gasteiger charge is 2.18. The van der Waals surface area contributed by atoms with Crippen LogP contribution in [0.15, 0.2) is 83.8 Å². The fourth-order valence-corrected chi connectivity index (χ4v) is 4.81. The Morgan fingerprint density at radius 2 is 1.56 bits per heavy atom. The number of amides is 1. The minimum Gasteiger partial charge on any atom is -0.302 e. The monoisotopic (exact) mass is 466 g/mol. The molecule has 1 heterocycles. The molecule has 0 aliphatic heterocycles. The highest BCUT2D eigenvalue weighted by atomic mass is 32.2. The Labute approximate surface area is 189 Å². The van der Waals surface area contributed by atoms with Gasteiger partial charge in [0.2, 0.25) is 5.91 Å². The molecule has 3 aromatic carbocycles. The molecule has 0 fully saturated rings. The van der Waals surface area contributed by atoms with Crippen molar-refractivity contribution in [1.29, 1.82) is 0 Å². The Morgan fingerprint density at radius 3 is 2.19 bits per heavy atom. The van der Waals surface area contributed by atoms with Crippen LogP contribution < -0.4 is 5.32 Å². The lowest BCUT2D eigenvalue weighted by molar-refractivity contribution is -0.115. The number of halogens is 1. The minimum atomic E-state index is -3.32. The Bertz CT molecular complexity index is 1350. The summed E-state index contributed by atoms with van der Waals surface area (Å²) in [5.41, 5.74) is 2.90. The van der Waals surface area contributed by atoms with Gasteiger partial charge >= 0.3 is 0 Å². The van der Waals surface area contributed by atoms with Crippen LogP contribution in [-0.4, -0.2) is 25.6 Å². The summed E-state index contributed by atoms with van der Waals surface area (Å²) in [5.74, 6) is -0.561. The first-order valence-electron chi connectivity index (χ1n) is 9.70. The van der Waals surface area contributed by atoms with E-state index in [9.17, 15) is 17.6 Å². The summed E-state index contributed by atoms with van der Waals surface area (Å²) in [6.07, 6.45) is 1.36. The molecular formula is C24H19FN2O3S2. The fraction of sp³-hybridized carbons (Fsp3) is 0.0833. The van der Waals surface area contributed by atoms with Gasteiger partial charge in [0.05, 0.1) is 21.9 Å². The first-order valence-corrected chi connectivity index (χ1v) is 12.4. The van der Waals surface area contributed by atoms with Crippen molar-refractivity contribution in [3.63, 3.8) is 0 Å². The van der Waals surface area contributed by atoms with Gasteiger partial charge in [-0.15, -0.1) is 0 Å². The highest BCUT2D eigenvalue weighted by molar-refractivity contribution is 7.90. The van der Waals surface area contributed by atoms with E-state index in [1.807, 2.05) is 30.3 Å². The maximum atomic E-state index is 13.4. The van der Waals surface area contributed by atoms with Crippen LogP contribution in [0.25, 0.3) is 21.7 Å². The second-order valence-electron chi connectivity index (χ2n) is 7.21. The van der Waals surface area contributed by atoms with Gasteiger partial charge in [-0.25, -0.2) is 17.8 Å². The number of hydrogen-bond acceptors (Lipinski definition) is 5. The maximum Gasteiger partial charge on any atom is 0.230 e. The summed E-state index contributed by atoms with van der Waals surface area (Å²) in [7, 11) is -3.32. The molecule has 1 aromatic heterocycles. The summed E-state index contributed by atoms with van der Waals surface area (Å²) < 4.78 is 37.0. The van der Waals surface area contributed by atoms with E-state index in [2.05, 4.69) is 10.3 Å². The van der Waals surface area contributed by atoms with Crippen LogP contribution in [0, 0.1) is 5.82 Å². The molecular weight excluding hydrogens is 447 g/mol. The van der Waals surface area contributed by atoms with Crippen LogP contribution in [0.4, 0.5) is 9.52 Å². The van der Waals surface area contributed by atoms with Crippen LogP contribution >= 0.6 is 11.3 Å². The van der Waals surface area contributed by atoms with Crippen LogP contribution in [0.2, 0.25) is 0 Å². The average molecular weight is 467 g/mol. The third kappa shape index (κ3) is 5.09. The van der Waals surface area contributed by atoms with Crippen molar-refractivity contribution in [1.82, 2.24) is 4.98 Å². The zero-order chi connectivity index (χ0) is 22.7. The molecule has 1 amide bonds. The molecule has 0 saturated carbocycles. The van der Waals surface area contributed by atoms with E-state index >= 15 is 0 Å². The Balaban J connectivity index is 1.68. The lowest BCUT2D eigenvalue weighted by Gasteiger charge is -2.04. The Kier molecular flexibility index (Phi) is 6.16. The van der Waals surface area contributed by atoms with Crippen LogP contribution in [0.5, 0.6) is 0 Å². The first-order chi connectivity index (χ1) is 15.3. The van der Waals surface area contributed by atoms with Gasteiger partial charge in [-0.3, -0.25) is 4.79 Å². The average Bonchev–Trinajstić information content (AvgIpc) is 3.18. The van der Waals surface area contributed by atoms with Crippen LogP contribution in [0.3, 0.4) is 0 Å². The van der Waals surface area contributed by atoms with E-state index in [0.29, 0.717) is 16.4 Å². The molecule has 0 saturated heterocycles. The van der Waals surface area contributed by atoms with Gasteiger partial charge in [0.1, 0.15) is 5.82 Å². The Hall–Kier alpha value is -3.36. The lowest BCUT2D eigenvalue weighted by atomic mass is 10.1. The van der Waals surface area contributed by atoms with Crippen molar-refractivity contribution in [2.75, 3.05) is 11.6 Å². The van der Waals surface area contributed by atoms with Gasteiger partial charge in [0.25, 0.3) is 0 Å². The van der Waals surface area contributed by atoms with E-state index in [1.54, 1.807) is 24.3 Å². The second kappa shape index (κ2) is 9.02. The molecule has 162 valence electrons. The molecule has 8 heteroatoms. The zero-order valence-corrected chi connectivity index (χ0v) is 18.7. The van der Waals surface area contributed by atoms with Gasteiger partial charge in [-0.05, 0) is 47.5 Å². The van der Waals surface area contributed by atoms with Crippen molar-refractivity contribution < 1.29 is 17.6 Å². The normalized spacial score (nSPS) is 11.3. The molecule has 0 atom stereocenters. The first kappa shape index (κ1) is 21.9. The molecule has 0 aliphatic carbocycles. The number of aromatic nitrogens is 1. The molecule has 32 heavy (non-hydrogen) atoms. The number of benzene rings is 3. The summed E-state index contributed by atoms with van der Waals surface area (Å²) >= 11 is 1.28. The number of hydrogen-bond donors (Lipinski definition) is 1. The number of carbonyl (C=O) groups is 1. The molecule has 4 rings (SSSR count). The van der Waals surface area contributed by atoms with Gasteiger partial charge in [0, 0.05) is 11.8 Å². The molecule has 4 aromatic rings. The predicted molar refractivity (Wildman–Crippen MR) is 125 cm³/mol. The van der Waals surface area contributed by atoms with Crippen molar-refractivity contribution in [2.45, 2.75) is 11.3 Å². The van der Waals surface area contributed by atoms with E-state index in [1.165, 1.54) is 35.6 Å². The highest BCUT2D eigenvalue weighted by Crippen LogP contribution is 2.39. The number of carbonyl (C=O) groups excluding carboxylic acids is 1.